The first kappa shape index (κ1) is 15.1. The van der Waals surface area contributed by atoms with E-state index < -0.39 is 0 Å². The van der Waals surface area contributed by atoms with Crippen LogP contribution in [-0.2, 0) is 11.2 Å². The molecule has 0 saturated carbocycles. The largest absolute Gasteiger partial charge is 0.352 e. The number of aryl methyl sites for hydroxylation is 2. The maximum atomic E-state index is 12.2. The van der Waals surface area contributed by atoms with Gasteiger partial charge < -0.3 is 16.0 Å². The standard InChI is InChI=1S/C14H21N5O2/c1-7-11(8(2)19-18-7)5-6-15-13(20)12-9(3)16-14(21)17-10(12)4/h9H,5-6H2,1-4H3,(H,15,20)(H,18,19)(H2,16,17,21). The van der Waals surface area contributed by atoms with Crippen LogP contribution >= 0.6 is 0 Å². The Balaban J connectivity index is 1.96. The number of hydrogen-bond acceptors (Lipinski definition) is 3. The molecule has 0 saturated heterocycles. The summed E-state index contributed by atoms with van der Waals surface area (Å²) in [6, 6.07) is -0.572. The van der Waals surface area contributed by atoms with E-state index in [-0.39, 0.29) is 18.0 Å². The lowest BCUT2D eigenvalue weighted by Crippen LogP contribution is -2.50. The molecule has 0 bridgehead atoms. The molecule has 7 nitrogen and oxygen atoms in total. The van der Waals surface area contributed by atoms with Gasteiger partial charge in [0.2, 0.25) is 0 Å². The van der Waals surface area contributed by atoms with E-state index in [2.05, 4.69) is 26.1 Å². The normalized spacial score (nSPS) is 18.3. The monoisotopic (exact) mass is 291 g/mol. The number of rotatable bonds is 4. The van der Waals surface area contributed by atoms with Gasteiger partial charge >= 0.3 is 6.03 Å². The third-order valence-corrected chi connectivity index (χ3v) is 3.67. The van der Waals surface area contributed by atoms with Crippen LogP contribution in [0.1, 0.15) is 30.8 Å². The zero-order valence-electron chi connectivity index (χ0n) is 12.8. The maximum Gasteiger partial charge on any atom is 0.319 e. The summed E-state index contributed by atoms with van der Waals surface area (Å²) in [4.78, 5) is 23.5. The third-order valence-electron chi connectivity index (χ3n) is 3.67. The van der Waals surface area contributed by atoms with Gasteiger partial charge in [-0.25, -0.2) is 4.79 Å². The number of hydrogen-bond donors (Lipinski definition) is 4. The molecule has 7 heteroatoms. The van der Waals surface area contributed by atoms with Crippen molar-refractivity contribution in [2.45, 2.75) is 40.2 Å². The van der Waals surface area contributed by atoms with Crippen LogP contribution in [0.25, 0.3) is 0 Å². The van der Waals surface area contributed by atoms with Gasteiger partial charge in [-0.1, -0.05) is 0 Å². The molecule has 0 aromatic carbocycles. The van der Waals surface area contributed by atoms with Crippen molar-refractivity contribution in [3.05, 3.63) is 28.2 Å². The second-order valence-electron chi connectivity index (χ2n) is 5.28. The molecule has 1 aromatic rings. The lowest BCUT2D eigenvalue weighted by atomic mass is 10.0. The molecular weight excluding hydrogens is 270 g/mol. The van der Waals surface area contributed by atoms with Gasteiger partial charge in [-0.3, -0.25) is 9.89 Å². The summed E-state index contributed by atoms with van der Waals surface area (Å²) in [5.74, 6) is -0.161. The molecule has 0 aliphatic carbocycles. The van der Waals surface area contributed by atoms with Crippen molar-refractivity contribution in [2.75, 3.05) is 6.54 Å². The average Bonchev–Trinajstić information content (AvgIpc) is 2.69. The third kappa shape index (κ3) is 3.24. The number of aromatic amines is 1. The van der Waals surface area contributed by atoms with E-state index in [4.69, 9.17) is 0 Å². The van der Waals surface area contributed by atoms with Crippen molar-refractivity contribution in [1.82, 2.24) is 26.1 Å². The number of urea groups is 1. The minimum absolute atomic E-state index is 0.161. The van der Waals surface area contributed by atoms with Gasteiger partial charge in [-0.15, -0.1) is 0 Å². The van der Waals surface area contributed by atoms with Gasteiger partial charge in [-0.2, -0.15) is 5.10 Å². The molecular formula is C14H21N5O2. The summed E-state index contributed by atoms with van der Waals surface area (Å²) in [7, 11) is 0. The van der Waals surface area contributed by atoms with Crippen molar-refractivity contribution in [3.8, 4) is 0 Å². The summed E-state index contributed by atoms with van der Waals surface area (Å²) in [6.07, 6.45) is 0.723. The molecule has 2 rings (SSSR count). The number of allylic oxidation sites excluding steroid dienone is 1. The van der Waals surface area contributed by atoms with Crippen LogP contribution in [0.5, 0.6) is 0 Å². The molecule has 0 spiro atoms. The predicted molar refractivity (Wildman–Crippen MR) is 78.6 cm³/mol. The molecule has 1 atom stereocenters. The second kappa shape index (κ2) is 5.99. The first-order valence-corrected chi connectivity index (χ1v) is 6.97. The molecule has 2 heterocycles. The second-order valence-corrected chi connectivity index (χ2v) is 5.28. The van der Waals surface area contributed by atoms with Crippen molar-refractivity contribution >= 4 is 11.9 Å². The predicted octanol–water partition coefficient (Wildman–Crippen LogP) is 0.661. The fourth-order valence-electron chi connectivity index (χ4n) is 2.57. The highest BCUT2D eigenvalue weighted by atomic mass is 16.2. The van der Waals surface area contributed by atoms with E-state index in [1.807, 2.05) is 13.8 Å². The van der Waals surface area contributed by atoms with Gasteiger partial charge in [0.05, 0.1) is 17.3 Å². The molecule has 114 valence electrons. The Morgan fingerprint density at radius 3 is 2.62 bits per heavy atom. The Morgan fingerprint density at radius 1 is 1.33 bits per heavy atom. The Bertz CT molecular complexity index is 583. The Kier molecular flexibility index (Phi) is 4.30. The summed E-state index contributed by atoms with van der Waals surface area (Å²) in [5.41, 5.74) is 4.27. The van der Waals surface area contributed by atoms with E-state index >= 15 is 0 Å². The molecule has 1 aliphatic rings. The van der Waals surface area contributed by atoms with Crippen LogP contribution < -0.4 is 16.0 Å². The summed E-state index contributed by atoms with van der Waals surface area (Å²) >= 11 is 0. The molecule has 1 aromatic heterocycles. The summed E-state index contributed by atoms with van der Waals surface area (Å²) in [6.45, 7) is 7.95. The van der Waals surface area contributed by atoms with Gasteiger partial charge in [0, 0.05) is 17.9 Å². The Labute approximate surface area is 123 Å². The number of nitrogens with one attached hydrogen (secondary N) is 4. The van der Waals surface area contributed by atoms with Crippen LogP contribution in [0.4, 0.5) is 4.79 Å². The molecule has 0 fully saturated rings. The molecule has 3 amide bonds. The van der Waals surface area contributed by atoms with Gasteiger partial charge in [0.15, 0.2) is 0 Å². The fourth-order valence-corrected chi connectivity index (χ4v) is 2.57. The maximum absolute atomic E-state index is 12.2. The number of nitrogens with zero attached hydrogens (tertiary/aromatic N) is 1. The summed E-state index contributed by atoms with van der Waals surface area (Å²) in [5, 5.41) is 15.2. The minimum Gasteiger partial charge on any atom is -0.352 e. The highest BCUT2D eigenvalue weighted by Gasteiger charge is 2.26. The SMILES string of the molecule is CC1=C(C(=O)NCCc2c(C)n[nH]c2C)C(C)NC(=O)N1. The molecule has 21 heavy (non-hydrogen) atoms. The van der Waals surface area contributed by atoms with Gasteiger partial charge in [0.25, 0.3) is 5.91 Å². The van der Waals surface area contributed by atoms with Crippen molar-refractivity contribution in [1.29, 1.82) is 0 Å². The van der Waals surface area contributed by atoms with Crippen LogP contribution in [-0.4, -0.2) is 34.7 Å². The number of aromatic nitrogens is 2. The smallest absolute Gasteiger partial charge is 0.319 e. The van der Waals surface area contributed by atoms with E-state index in [0.717, 1.165) is 23.4 Å². The number of carbonyl (C=O) groups is 2. The Hall–Kier alpha value is -2.31. The molecule has 0 radical (unpaired) electrons. The first-order valence-electron chi connectivity index (χ1n) is 6.97. The highest BCUT2D eigenvalue weighted by Crippen LogP contribution is 2.12. The highest BCUT2D eigenvalue weighted by molar-refractivity contribution is 5.98. The quantitative estimate of drug-likeness (QED) is 0.656. The van der Waals surface area contributed by atoms with Gasteiger partial charge in [-0.05, 0) is 39.7 Å². The molecule has 4 N–H and O–H groups in total. The fraction of sp³-hybridized carbons (Fsp3) is 0.500. The Morgan fingerprint density at radius 2 is 2.05 bits per heavy atom. The zero-order chi connectivity index (χ0) is 15.6. The zero-order valence-corrected chi connectivity index (χ0v) is 12.8. The van der Waals surface area contributed by atoms with Crippen LogP contribution in [0.2, 0.25) is 0 Å². The topological polar surface area (TPSA) is 98.9 Å². The molecule has 1 unspecified atom stereocenters. The van der Waals surface area contributed by atoms with Crippen LogP contribution in [0.15, 0.2) is 11.3 Å². The van der Waals surface area contributed by atoms with E-state index in [9.17, 15) is 9.59 Å². The minimum atomic E-state index is -0.295. The number of H-pyrrole nitrogens is 1. The van der Waals surface area contributed by atoms with Crippen molar-refractivity contribution < 1.29 is 9.59 Å². The van der Waals surface area contributed by atoms with E-state index in [1.54, 1.807) is 13.8 Å². The number of carbonyl (C=O) groups excluding carboxylic acids is 2. The average molecular weight is 291 g/mol. The summed E-state index contributed by atoms with van der Waals surface area (Å²) < 4.78 is 0. The van der Waals surface area contributed by atoms with Crippen molar-refractivity contribution in [2.24, 2.45) is 0 Å². The number of amides is 3. The van der Waals surface area contributed by atoms with Crippen molar-refractivity contribution in [3.63, 3.8) is 0 Å². The van der Waals surface area contributed by atoms with Gasteiger partial charge in [0.1, 0.15) is 0 Å². The van der Waals surface area contributed by atoms with E-state index in [0.29, 0.717) is 17.8 Å². The lowest BCUT2D eigenvalue weighted by molar-refractivity contribution is -0.117. The molecule has 1 aliphatic heterocycles. The van der Waals surface area contributed by atoms with Crippen LogP contribution in [0.3, 0.4) is 0 Å². The van der Waals surface area contributed by atoms with Crippen LogP contribution in [0, 0.1) is 13.8 Å². The first-order chi connectivity index (χ1) is 9.90. The lowest BCUT2D eigenvalue weighted by Gasteiger charge is -2.25. The van der Waals surface area contributed by atoms with E-state index in [1.165, 1.54) is 0 Å².